The molecule has 0 radical (unpaired) electrons. The Bertz CT molecular complexity index is 639. The molecule has 7 heteroatoms. The fraction of sp³-hybridized carbons (Fsp3) is 0.353. The molecule has 0 spiro atoms. The maximum absolute atomic E-state index is 12.5. The molecule has 24 heavy (non-hydrogen) atoms. The quantitative estimate of drug-likeness (QED) is 0.806. The molecule has 0 aliphatic rings. The first-order chi connectivity index (χ1) is 11.4. The van der Waals surface area contributed by atoms with E-state index >= 15 is 0 Å². The van der Waals surface area contributed by atoms with Crippen LogP contribution in [0.4, 0.5) is 13.2 Å². The molecule has 1 aromatic carbocycles. The van der Waals surface area contributed by atoms with Gasteiger partial charge in [-0.2, -0.15) is 24.5 Å². The van der Waals surface area contributed by atoms with Crippen LogP contribution in [-0.2, 0) is 22.1 Å². The summed E-state index contributed by atoms with van der Waals surface area (Å²) in [7, 11) is 1.58. The van der Waals surface area contributed by atoms with Crippen molar-refractivity contribution in [3.8, 4) is 0 Å². The summed E-state index contributed by atoms with van der Waals surface area (Å²) in [6.07, 6.45) is -3.94. The van der Waals surface area contributed by atoms with Crippen molar-refractivity contribution in [1.29, 1.82) is 0 Å². The highest BCUT2D eigenvalue weighted by Crippen LogP contribution is 2.29. The predicted molar refractivity (Wildman–Crippen MR) is 86.8 cm³/mol. The van der Waals surface area contributed by atoms with Gasteiger partial charge in [0, 0.05) is 20.1 Å². The average Bonchev–Trinajstić information content (AvgIpc) is 3.07. The minimum atomic E-state index is -4.34. The number of carbonyl (C=O) groups excluding carboxylic acids is 1. The molecule has 0 saturated carbocycles. The minimum Gasteiger partial charge on any atom is -0.375 e. The van der Waals surface area contributed by atoms with Gasteiger partial charge in [-0.1, -0.05) is 12.1 Å². The zero-order chi connectivity index (χ0) is 17.6. The molecule has 0 aliphatic heterocycles. The summed E-state index contributed by atoms with van der Waals surface area (Å²) in [6, 6.07) is 6.81. The van der Waals surface area contributed by atoms with Crippen LogP contribution in [0.15, 0.2) is 41.1 Å². The summed E-state index contributed by atoms with van der Waals surface area (Å²) in [5.74, 6) is -0.160. The first kappa shape index (κ1) is 18.5. The van der Waals surface area contributed by atoms with Gasteiger partial charge in [-0.25, -0.2) is 0 Å². The maximum atomic E-state index is 12.5. The Labute approximate surface area is 142 Å². The van der Waals surface area contributed by atoms with E-state index in [0.717, 1.165) is 17.7 Å². The lowest BCUT2D eigenvalue weighted by Gasteiger charge is -2.15. The van der Waals surface area contributed by atoms with Crippen LogP contribution >= 0.6 is 11.3 Å². The fourth-order valence-electron chi connectivity index (χ4n) is 2.21. The molecule has 0 aliphatic carbocycles. The molecule has 0 fully saturated rings. The normalized spacial score (nSPS) is 12.8. The molecule has 3 nitrogen and oxygen atoms in total. The van der Waals surface area contributed by atoms with E-state index < -0.39 is 11.7 Å². The highest BCUT2D eigenvalue weighted by molar-refractivity contribution is 7.07. The van der Waals surface area contributed by atoms with E-state index in [2.05, 4.69) is 5.32 Å². The Morgan fingerprint density at radius 3 is 2.50 bits per heavy atom. The number of carbonyl (C=O) groups is 1. The number of amides is 1. The van der Waals surface area contributed by atoms with Gasteiger partial charge in [0.05, 0.1) is 5.56 Å². The van der Waals surface area contributed by atoms with Gasteiger partial charge >= 0.3 is 6.18 Å². The number of thiophene rings is 1. The van der Waals surface area contributed by atoms with E-state index in [9.17, 15) is 18.0 Å². The van der Waals surface area contributed by atoms with E-state index in [1.165, 1.54) is 12.1 Å². The molecule has 0 bridgehead atoms. The van der Waals surface area contributed by atoms with Crippen LogP contribution in [0.25, 0.3) is 0 Å². The van der Waals surface area contributed by atoms with Crippen LogP contribution in [0.3, 0.4) is 0 Å². The Kier molecular flexibility index (Phi) is 6.39. The van der Waals surface area contributed by atoms with Gasteiger partial charge < -0.3 is 10.1 Å². The molecule has 1 heterocycles. The molecule has 1 amide bonds. The molecular weight excluding hydrogens is 339 g/mol. The highest BCUT2D eigenvalue weighted by atomic mass is 32.1. The summed E-state index contributed by atoms with van der Waals surface area (Å²) in [6.45, 7) is 0.360. The van der Waals surface area contributed by atoms with E-state index in [1.807, 2.05) is 16.8 Å². The van der Waals surface area contributed by atoms with Crippen molar-refractivity contribution in [2.75, 3.05) is 13.7 Å². The van der Waals surface area contributed by atoms with Crippen molar-refractivity contribution in [3.05, 3.63) is 57.8 Å². The lowest BCUT2D eigenvalue weighted by molar-refractivity contribution is -0.137. The van der Waals surface area contributed by atoms with Crippen LogP contribution < -0.4 is 5.32 Å². The highest BCUT2D eigenvalue weighted by Gasteiger charge is 2.29. The van der Waals surface area contributed by atoms with Crippen molar-refractivity contribution >= 4 is 17.2 Å². The summed E-state index contributed by atoms with van der Waals surface area (Å²) in [5, 5.41) is 6.69. The van der Waals surface area contributed by atoms with Gasteiger partial charge in [0.15, 0.2) is 0 Å². The van der Waals surface area contributed by atoms with Crippen molar-refractivity contribution in [2.24, 2.45) is 0 Å². The van der Waals surface area contributed by atoms with E-state index in [1.54, 1.807) is 18.4 Å². The SMILES string of the molecule is CO[C@H](CNC(=O)CCc1ccc(C(F)(F)F)cc1)c1ccsc1. The van der Waals surface area contributed by atoms with E-state index in [-0.39, 0.29) is 18.4 Å². The summed E-state index contributed by atoms with van der Waals surface area (Å²) < 4.78 is 42.8. The number of hydrogen-bond donors (Lipinski definition) is 1. The minimum absolute atomic E-state index is 0.160. The molecule has 2 rings (SSSR count). The number of benzene rings is 1. The lowest BCUT2D eigenvalue weighted by atomic mass is 10.1. The Morgan fingerprint density at radius 2 is 1.96 bits per heavy atom. The zero-order valence-electron chi connectivity index (χ0n) is 13.1. The van der Waals surface area contributed by atoms with Gasteiger partial charge in [-0.15, -0.1) is 0 Å². The first-order valence-corrected chi connectivity index (χ1v) is 8.32. The van der Waals surface area contributed by atoms with Gasteiger partial charge in [-0.3, -0.25) is 4.79 Å². The largest absolute Gasteiger partial charge is 0.416 e. The molecule has 2 aromatic rings. The van der Waals surface area contributed by atoms with Crippen LogP contribution in [0, 0.1) is 0 Å². The van der Waals surface area contributed by atoms with E-state index in [0.29, 0.717) is 18.5 Å². The number of aryl methyl sites for hydroxylation is 1. The predicted octanol–water partition coefficient (Wildman–Crippen LogP) is 4.20. The topological polar surface area (TPSA) is 38.3 Å². The van der Waals surface area contributed by atoms with Gasteiger partial charge in [-0.05, 0) is 46.5 Å². The molecule has 0 unspecified atom stereocenters. The van der Waals surface area contributed by atoms with Crippen molar-refractivity contribution in [3.63, 3.8) is 0 Å². The number of nitrogens with one attached hydrogen (secondary N) is 1. The molecule has 1 N–H and O–H groups in total. The number of ether oxygens (including phenoxy) is 1. The van der Waals surface area contributed by atoms with Crippen molar-refractivity contribution in [2.45, 2.75) is 25.1 Å². The monoisotopic (exact) mass is 357 g/mol. The fourth-order valence-corrected chi connectivity index (χ4v) is 2.91. The smallest absolute Gasteiger partial charge is 0.375 e. The number of halogens is 3. The van der Waals surface area contributed by atoms with Crippen LogP contribution in [0.5, 0.6) is 0 Å². The average molecular weight is 357 g/mol. The van der Waals surface area contributed by atoms with Crippen LogP contribution in [0.1, 0.15) is 29.2 Å². The van der Waals surface area contributed by atoms with Crippen molar-refractivity contribution < 1.29 is 22.7 Å². The standard InChI is InChI=1S/C17H18F3NO2S/c1-23-15(13-8-9-24-11-13)10-21-16(22)7-4-12-2-5-14(6-3-12)17(18,19)20/h2-3,5-6,8-9,11,15H,4,7,10H2,1H3,(H,21,22)/t15-/m1/s1. The lowest BCUT2D eigenvalue weighted by Crippen LogP contribution is -2.29. The van der Waals surface area contributed by atoms with Crippen LogP contribution in [-0.4, -0.2) is 19.6 Å². The number of alkyl halides is 3. The third-order valence-corrected chi connectivity index (χ3v) is 4.31. The van der Waals surface area contributed by atoms with Gasteiger partial charge in [0.25, 0.3) is 0 Å². The summed E-state index contributed by atoms with van der Waals surface area (Å²) >= 11 is 1.56. The third-order valence-electron chi connectivity index (χ3n) is 3.61. The molecule has 1 atom stereocenters. The summed E-state index contributed by atoms with van der Waals surface area (Å²) in [5.41, 5.74) is 1.01. The second-order valence-corrected chi connectivity index (χ2v) is 6.06. The Hall–Kier alpha value is -1.86. The molecular formula is C17H18F3NO2S. The second kappa shape index (κ2) is 8.30. The van der Waals surface area contributed by atoms with Crippen LogP contribution in [0.2, 0.25) is 0 Å². The third kappa shape index (κ3) is 5.35. The Morgan fingerprint density at radius 1 is 1.25 bits per heavy atom. The zero-order valence-corrected chi connectivity index (χ0v) is 13.9. The van der Waals surface area contributed by atoms with Gasteiger partial charge in [0.1, 0.15) is 6.10 Å². The summed E-state index contributed by atoms with van der Waals surface area (Å²) in [4.78, 5) is 11.9. The van der Waals surface area contributed by atoms with Crippen molar-refractivity contribution in [1.82, 2.24) is 5.32 Å². The maximum Gasteiger partial charge on any atom is 0.416 e. The molecule has 1 aromatic heterocycles. The second-order valence-electron chi connectivity index (χ2n) is 5.28. The first-order valence-electron chi connectivity index (χ1n) is 7.38. The Balaban J connectivity index is 1.78. The molecule has 0 saturated heterocycles. The number of hydrogen-bond acceptors (Lipinski definition) is 3. The molecule has 130 valence electrons. The van der Waals surface area contributed by atoms with E-state index in [4.69, 9.17) is 4.74 Å². The number of rotatable bonds is 7. The number of methoxy groups -OCH3 is 1. The van der Waals surface area contributed by atoms with Gasteiger partial charge in [0.2, 0.25) is 5.91 Å².